The number of halogens is 2. The van der Waals surface area contributed by atoms with Gasteiger partial charge in [-0.05, 0) is 83.8 Å². The molecule has 2 amide bonds. The summed E-state index contributed by atoms with van der Waals surface area (Å²) < 4.78 is 0. The van der Waals surface area contributed by atoms with Gasteiger partial charge in [-0.3, -0.25) is 14.6 Å². The van der Waals surface area contributed by atoms with Crippen LogP contribution >= 0.6 is 23.2 Å². The summed E-state index contributed by atoms with van der Waals surface area (Å²) in [5.74, 6) is -0.236. The first-order valence-corrected chi connectivity index (χ1v) is 11.9. The highest BCUT2D eigenvalue weighted by molar-refractivity contribution is 6.31. The molecule has 0 radical (unpaired) electrons. The number of hydrogen-bond donors (Lipinski definition) is 1. The zero-order valence-corrected chi connectivity index (χ0v) is 20.2. The quantitative estimate of drug-likeness (QED) is 0.342. The highest BCUT2D eigenvalue weighted by atomic mass is 35.5. The molecule has 0 unspecified atom stereocenters. The molecule has 0 atom stereocenters. The summed E-state index contributed by atoms with van der Waals surface area (Å²) in [5, 5.41) is 4.15. The Hall–Kier alpha value is -3.67. The van der Waals surface area contributed by atoms with E-state index in [1.165, 1.54) is 0 Å². The molecule has 3 aromatic carbocycles. The number of benzene rings is 3. The van der Waals surface area contributed by atoms with E-state index >= 15 is 0 Å². The van der Waals surface area contributed by atoms with E-state index in [0.717, 1.165) is 34.5 Å². The third-order valence-electron chi connectivity index (χ3n) is 5.97. The van der Waals surface area contributed by atoms with Crippen LogP contribution in [-0.2, 0) is 17.6 Å². The molecule has 5 rings (SSSR count). The smallest absolute Gasteiger partial charge is 0.256 e. The Labute approximate surface area is 213 Å². The number of amides is 2. The SMILES string of the molecule is O=C(Nc1ccc2c(c1)CCN2C(=O)Cc1ccccn1)c1ccc(Cl)cc1-c1ccc(Cl)cc1. The number of anilines is 2. The lowest BCUT2D eigenvalue weighted by Crippen LogP contribution is -2.30. The first kappa shape index (κ1) is 23.1. The fourth-order valence-electron chi connectivity index (χ4n) is 4.27. The van der Waals surface area contributed by atoms with E-state index in [9.17, 15) is 9.59 Å². The molecule has 1 aliphatic rings. The maximum Gasteiger partial charge on any atom is 0.256 e. The van der Waals surface area contributed by atoms with Gasteiger partial charge >= 0.3 is 0 Å². The van der Waals surface area contributed by atoms with E-state index in [1.54, 1.807) is 41.4 Å². The Kier molecular flexibility index (Phi) is 6.53. The van der Waals surface area contributed by atoms with E-state index in [-0.39, 0.29) is 18.2 Å². The minimum Gasteiger partial charge on any atom is -0.322 e. The molecule has 174 valence electrons. The van der Waals surface area contributed by atoms with Gasteiger partial charge in [-0.15, -0.1) is 0 Å². The Morgan fingerprint density at radius 1 is 0.914 bits per heavy atom. The third-order valence-corrected chi connectivity index (χ3v) is 6.46. The van der Waals surface area contributed by atoms with Crippen molar-refractivity contribution in [1.82, 2.24) is 4.98 Å². The molecule has 35 heavy (non-hydrogen) atoms. The van der Waals surface area contributed by atoms with Crippen molar-refractivity contribution in [2.45, 2.75) is 12.8 Å². The van der Waals surface area contributed by atoms with Gasteiger partial charge in [0, 0.05) is 45.4 Å². The number of pyridine rings is 1. The van der Waals surface area contributed by atoms with Gasteiger partial charge < -0.3 is 10.2 Å². The van der Waals surface area contributed by atoms with Crippen LogP contribution < -0.4 is 10.2 Å². The van der Waals surface area contributed by atoms with Crippen molar-refractivity contribution in [2.75, 3.05) is 16.8 Å². The number of hydrogen-bond acceptors (Lipinski definition) is 3. The van der Waals surface area contributed by atoms with Crippen molar-refractivity contribution >= 4 is 46.4 Å². The molecule has 4 aromatic rings. The second-order valence-corrected chi connectivity index (χ2v) is 9.16. The number of fused-ring (bicyclic) bond motifs is 1. The van der Waals surface area contributed by atoms with Crippen LogP contribution in [0.1, 0.15) is 21.6 Å². The fourth-order valence-corrected chi connectivity index (χ4v) is 4.57. The second kappa shape index (κ2) is 9.90. The molecule has 1 N–H and O–H groups in total. The lowest BCUT2D eigenvalue weighted by atomic mass is 9.99. The van der Waals surface area contributed by atoms with Crippen LogP contribution in [0.3, 0.4) is 0 Å². The van der Waals surface area contributed by atoms with Crippen molar-refractivity contribution in [2.24, 2.45) is 0 Å². The van der Waals surface area contributed by atoms with E-state index in [4.69, 9.17) is 23.2 Å². The molecule has 5 nitrogen and oxygen atoms in total. The van der Waals surface area contributed by atoms with E-state index in [2.05, 4.69) is 10.3 Å². The van der Waals surface area contributed by atoms with Crippen molar-refractivity contribution in [1.29, 1.82) is 0 Å². The number of carbonyl (C=O) groups is 2. The zero-order chi connectivity index (χ0) is 24.4. The van der Waals surface area contributed by atoms with Crippen LogP contribution in [0.2, 0.25) is 10.0 Å². The van der Waals surface area contributed by atoms with Crippen molar-refractivity contribution in [3.8, 4) is 11.1 Å². The monoisotopic (exact) mass is 501 g/mol. The molecular formula is C28H21Cl2N3O2. The van der Waals surface area contributed by atoms with Crippen LogP contribution in [0.5, 0.6) is 0 Å². The van der Waals surface area contributed by atoms with Crippen LogP contribution in [0, 0.1) is 0 Å². The molecule has 0 saturated heterocycles. The Morgan fingerprint density at radius 2 is 1.71 bits per heavy atom. The van der Waals surface area contributed by atoms with E-state index in [0.29, 0.717) is 27.8 Å². The summed E-state index contributed by atoms with van der Waals surface area (Å²) in [6.45, 7) is 0.607. The second-order valence-electron chi connectivity index (χ2n) is 8.29. The molecule has 0 spiro atoms. The summed E-state index contributed by atoms with van der Waals surface area (Å²) in [6.07, 6.45) is 2.67. The number of nitrogens with zero attached hydrogens (tertiary/aromatic N) is 2. The maximum atomic E-state index is 13.2. The normalized spacial score (nSPS) is 12.3. The zero-order valence-electron chi connectivity index (χ0n) is 18.7. The minimum absolute atomic E-state index is 0.00741. The van der Waals surface area contributed by atoms with Gasteiger partial charge in [0.1, 0.15) is 0 Å². The summed E-state index contributed by atoms with van der Waals surface area (Å²) >= 11 is 12.2. The Morgan fingerprint density at radius 3 is 2.49 bits per heavy atom. The summed E-state index contributed by atoms with van der Waals surface area (Å²) in [6, 6.07) is 23.7. The van der Waals surface area contributed by atoms with Gasteiger partial charge in [-0.2, -0.15) is 0 Å². The first-order valence-electron chi connectivity index (χ1n) is 11.2. The summed E-state index contributed by atoms with van der Waals surface area (Å²) in [4.78, 5) is 32.1. The van der Waals surface area contributed by atoms with Gasteiger partial charge in [-0.1, -0.05) is 41.4 Å². The van der Waals surface area contributed by atoms with Gasteiger partial charge in [0.2, 0.25) is 5.91 Å². The predicted octanol–water partition coefficient (Wildman–Crippen LogP) is 6.44. The lowest BCUT2D eigenvalue weighted by molar-refractivity contribution is -0.117. The van der Waals surface area contributed by atoms with E-state index < -0.39 is 0 Å². The molecular weight excluding hydrogens is 481 g/mol. The third kappa shape index (κ3) is 5.06. The van der Waals surface area contributed by atoms with Crippen LogP contribution in [0.15, 0.2) is 85.1 Å². The average molecular weight is 502 g/mol. The van der Waals surface area contributed by atoms with Gasteiger partial charge in [-0.25, -0.2) is 0 Å². The standard InChI is InChI=1S/C28H21Cl2N3O2/c29-20-6-4-18(5-7-20)25-16-21(30)8-10-24(25)28(35)32-23-9-11-26-19(15-23)12-14-33(26)27(34)17-22-3-1-2-13-31-22/h1-11,13,15-16H,12,14,17H2,(H,32,35). The molecule has 1 aromatic heterocycles. The molecule has 7 heteroatoms. The Balaban J connectivity index is 1.35. The summed E-state index contributed by atoms with van der Waals surface area (Å²) in [5.41, 5.74) is 5.38. The largest absolute Gasteiger partial charge is 0.322 e. The van der Waals surface area contributed by atoms with Crippen LogP contribution in [-0.4, -0.2) is 23.3 Å². The van der Waals surface area contributed by atoms with Gasteiger partial charge in [0.15, 0.2) is 0 Å². The Bertz CT molecular complexity index is 1410. The van der Waals surface area contributed by atoms with Gasteiger partial charge in [0.25, 0.3) is 5.91 Å². The highest BCUT2D eigenvalue weighted by Crippen LogP contribution is 2.32. The van der Waals surface area contributed by atoms with Crippen LogP contribution in [0.4, 0.5) is 11.4 Å². The van der Waals surface area contributed by atoms with Crippen molar-refractivity contribution in [3.05, 3.63) is 112 Å². The first-order chi connectivity index (χ1) is 17.0. The molecule has 0 aliphatic carbocycles. The average Bonchev–Trinajstić information content (AvgIpc) is 3.28. The number of carbonyl (C=O) groups excluding carboxylic acids is 2. The van der Waals surface area contributed by atoms with Gasteiger partial charge in [0.05, 0.1) is 6.42 Å². The molecule has 1 aliphatic heterocycles. The van der Waals surface area contributed by atoms with E-state index in [1.807, 2.05) is 48.5 Å². The maximum absolute atomic E-state index is 13.2. The predicted molar refractivity (Wildman–Crippen MR) is 140 cm³/mol. The molecule has 0 bridgehead atoms. The number of rotatable bonds is 5. The van der Waals surface area contributed by atoms with Crippen LogP contribution in [0.25, 0.3) is 11.1 Å². The molecule has 0 fully saturated rings. The lowest BCUT2D eigenvalue weighted by Gasteiger charge is -2.17. The number of aromatic nitrogens is 1. The van der Waals surface area contributed by atoms with Crippen molar-refractivity contribution in [3.63, 3.8) is 0 Å². The minimum atomic E-state index is -0.243. The highest BCUT2D eigenvalue weighted by Gasteiger charge is 2.25. The fraction of sp³-hybridized carbons (Fsp3) is 0.107. The summed E-state index contributed by atoms with van der Waals surface area (Å²) in [7, 11) is 0. The number of nitrogens with one attached hydrogen (secondary N) is 1. The van der Waals surface area contributed by atoms with Crippen molar-refractivity contribution < 1.29 is 9.59 Å². The topological polar surface area (TPSA) is 62.3 Å². The molecule has 0 saturated carbocycles. The molecule has 2 heterocycles.